The van der Waals surface area contributed by atoms with E-state index in [1.54, 1.807) is 0 Å². The molecule has 1 aromatic heterocycles. The van der Waals surface area contributed by atoms with E-state index in [0.29, 0.717) is 0 Å². The van der Waals surface area contributed by atoms with Crippen molar-refractivity contribution in [1.82, 2.24) is 0 Å². The predicted molar refractivity (Wildman–Crippen MR) is 307 cm³/mol. The Morgan fingerprint density at radius 3 is 1.69 bits per heavy atom. The minimum absolute atomic E-state index is 0.187. The summed E-state index contributed by atoms with van der Waals surface area (Å²) in [6.07, 6.45) is 0. The summed E-state index contributed by atoms with van der Waals surface area (Å²) in [5.74, 6) is 0. The molecule has 1 nitrogen and oxygen atoms in total. The van der Waals surface area contributed by atoms with Crippen LogP contribution in [0.4, 0.5) is 17.1 Å². The zero-order valence-electron chi connectivity index (χ0n) is 39.4. The first kappa shape index (κ1) is 40.3. The molecule has 13 aromatic carbocycles. The maximum atomic E-state index is 2.58. The van der Waals surface area contributed by atoms with Crippen molar-refractivity contribution in [2.75, 3.05) is 4.90 Å². The van der Waals surface area contributed by atoms with E-state index in [2.05, 4.69) is 255 Å². The molecule has 0 fully saturated rings. The fourth-order valence-electron chi connectivity index (χ4n) is 12.5. The van der Waals surface area contributed by atoms with Crippen LogP contribution in [0.15, 0.2) is 237 Å². The number of rotatable bonds is 5. The second-order valence-corrected chi connectivity index (χ2v) is 20.9. The van der Waals surface area contributed by atoms with Crippen molar-refractivity contribution in [3.63, 3.8) is 0 Å². The molecule has 1 aliphatic carbocycles. The molecule has 0 saturated carbocycles. The van der Waals surface area contributed by atoms with E-state index in [-0.39, 0.29) is 5.41 Å². The van der Waals surface area contributed by atoms with Gasteiger partial charge in [0.15, 0.2) is 0 Å². The normalized spacial score (nSPS) is 13.0. The Bertz CT molecular complexity index is 4520. The van der Waals surface area contributed by atoms with Crippen molar-refractivity contribution in [2.24, 2.45) is 0 Å². The minimum Gasteiger partial charge on any atom is -0.310 e. The lowest BCUT2D eigenvalue weighted by Crippen LogP contribution is -2.17. The molecule has 0 bridgehead atoms. The van der Waals surface area contributed by atoms with Gasteiger partial charge in [-0.25, -0.2) is 0 Å². The molecule has 1 heterocycles. The Morgan fingerprint density at radius 1 is 0.324 bits per heavy atom. The lowest BCUT2D eigenvalue weighted by molar-refractivity contribution is 0.660. The number of benzene rings is 13. The lowest BCUT2D eigenvalue weighted by Gasteiger charge is -2.31. The number of anilines is 3. The first-order chi connectivity index (χ1) is 35.0. The first-order valence-corrected chi connectivity index (χ1v) is 25.6. The zero-order chi connectivity index (χ0) is 47.0. The van der Waals surface area contributed by atoms with Gasteiger partial charge in [-0.15, -0.1) is 11.3 Å². The highest BCUT2D eigenvalue weighted by Crippen LogP contribution is 2.56. The van der Waals surface area contributed by atoms with E-state index in [1.165, 1.54) is 129 Å². The molecule has 0 aliphatic heterocycles. The molecule has 0 radical (unpaired) electrons. The number of hydrogen-bond acceptors (Lipinski definition) is 2. The van der Waals surface area contributed by atoms with Crippen LogP contribution in [-0.4, -0.2) is 0 Å². The summed E-state index contributed by atoms with van der Waals surface area (Å²) in [6.45, 7) is 4.78. The highest BCUT2D eigenvalue weighted by Gasteiger charge is 2.36. The highest BCUT2D eigenvalue weighted by molar-refractivity contribution is 7.27. The highest BCUT2D eigenvalue weighted by atomic mass is 32.1. The van der Waals surface area contributed by atoms with Gasteiger partial charge in [-0.2, -0.15) is 0 Å². The number of nitrogens with zero attached hydrogens (tertiary/aromatic N) is 1. The van der Waals surface area contributed by atoms with Crippen LogP contribution in [0.5, 0.6) is 0 Å². The fourth-order valence-corrected chi connectivity index (χ4v) is 13.9. The fraction of sp³-hybridized carbons (Fsp3) is 0.0435. The minimum atomic E-state index is -0.187. The van der Waals surface area contributed by atoms with Crippen molar-refractivity contribution in [3.8, 4) is 33.4 Å². The topological polar surface area (TPSA) is 3.24 Å². The summed E-state index contributed by atoms with van der Waals surface area (Å²) in [7, 11) is 0. The van der Waals surface area contributed by atoms with E-state index in [0.717, 1.165) is 17.1 Å². The zero-order valence-corrected chi connectivity index (χ0v) is 40.2. The molecule has 332 valence electrons. The van der Waals surface area contributed by atoms with Gasteiger partial charge in [0.25, 0.3) is 0 Å². The molecule has 2 heteroatoms. The van der Waals surface area contributed by atoms with Crippen LogP contribution in [0.2, 0.25) is 0 Å². The standard InChI is InChI=1S/C69H45NS/c1-69(2)61-30-15-14-26-55(61)56-36-34-47(41-62(56)69)70(46-33-35-49-45(39-46)32-31-43-19-6-8-21-48(43)49)63-38-37-58-54-25-11-10-23-52(54)53-24-12-13-27-57(53)64(58)66(63)60-40-44-20-7-9-22-51(44)68-65(60)59-29-16-28-50(67(59)71-68)42-17-4-3-5-18-42/h3-41H,1-2H3. The third kappa shape index (κ3) is 5.86. The monoisotopic (exact) mass is 919 g/mol. The van der Waals surface area contributed by atoms with Crippen LogP contribution in [-0.2, 0) is 5.41 Å². The Morgan fingerprint density at radius 2 is 0.873 bits per heavy atom. The summed E-state index contributed by atoms with van der Waals surface area (Å²) < 4.78 is 2.62. The van der Waals surface area contributed by atoms with Crippen molar-refractivity contribution in [3.05, 3.63) is 248 Å². The van der Waals surface area contributed by atoms with Crippen LogP contribution < -0.4 is 4.90 Å². The summed E-state index contributed by atoms with van der Waals surface area (Å²) in [6, 6.07) is 89.0. The Balaban J connectivity index is 1.13. The van der Waals surface area contributed by atoms with Crippen LogP contribution in [0.3, 0.4) is 0 Å². The lowest BCUT2D eigenvalue weighted by atomic mass is 9.82. The van der Waals surface area contributed by atoms with Gasteiger partial charge >= 0.3 is 0 Å². The van der Waals surface area contributed by atoms with E-state index < -0.39 is 0 Å². The van der Waals surface area contributed by atoms with Crippen LogP contribution >= 0.6 is 11.3 Å². The first-order valence-electron chi connectivity index (χ1n) is 24.7. The third-order valence-corrected chi connectivity index (χ3v) is 17.1. The van der Waals surface area contributed by atoms with E-state index >= 15 is 0 Å². The third-order valence-electron chi connectivity index (χ3n) is 15.8. The average Bonchev–Trinajstić information content (AvgIpc) is 3.93. The van der Waals surface area contributed by atoms with Gasteiger partial charge in [0.05, 0.1) is 5.69 Å². The summed E-state index contributed by atoms with van der Waals surface area (Å²) in [5, 5.41) is 17.6. The van der Waals surface area contributed by atoms with Crippen LogP contribution in [0, 0.1) is 0 Å². The smallest absolute Gasteiger partial charge is 0.0546 e. The van der Waals surface area contributed by atoms with E-state index in [4.69, 9.17) is 0 Å². The average molecular weight is 920 g/mol. The quantitative estimate of drug-likeness (QED) is 0.156. The molecule has 0 unspecified atom stereocenters. The van der Waals surface area contributed by atoms with Crippen molar-refractivity contribution in [2.45, 2.75) is 19.3 Å². The van der Waals surface area contributed by atoms with Gasteiger partial charge in [0.2, 0.25) is 0 Å². The Labute approximate surface area is 416 Å². The van der Waals surface area contributed by atoms with Crippen molar-refractivity contribution < 1.29 is 0 Å². The number of thiophene rings is 1. The predicted octanol–water partition coefficient (Wildman–Crippen LogP) is 20.1. The van der Waals surface area contributed by atoms with Crippen molar-refractivity contribution >= 4 is 113 Å². The van der Waals surface area contributed by atoms with Gasteiger partial charge in [0.1, 0.15) is 0 Å². The van der Waals surface area contributed by atoms with Gasteiger partial charge in [-0.3, -0.25) is 0 Å². The maximum Gasteiger partial charge on any atom is 0.0546 e. The number of hydrogen-bond donors (Lipinski definition) is 0. The molecule has 0 N–H and O–H groups in total. The molecular formula is C69H45NS. The SMILES string of the molecule is CC1(C)c2ccccc2-c2ccc(N(c3ccc4c(ccc5ccccc54)c3)c3ccc4c5ccccc5c5ccccc5c4c3-c3cc4ccccc4c4sc5c(-c6ccccc6)cccc5c34)cc21. The van der Waals surface area contributed by atoms with E-state index in [9.17, 15) is 0 Å². The summed E-state index contributed by atoms with van der Waals surface area (Å²) >= 11 is 1.94. The molecular weight excluding hydrogens is 875 g/mol. The van der Waals surface area contributed by atoms with Crippen LogP contribution in [0.1, 0.15) is 25.0 Å². The summed E-state index contributed by atoms with van der Waals surface area (Å²) in [4.78, 5) is 2.58. The molecule has 15 rings (SSSR count). The van der Waals surface area contributed by atoms with Crippen molar-refractivity contribution in [1.29, 1.82) is 0 Å². The van der Waals surface area contributed by atoms with Gasteiger partial charge in [-0.05, 0) is 135 Å². The van der Waals surface area contributed by atoms with Crippen LogP contribution in [0.25, 0.3) is 118 Å². The maximum absolute atomic E-state index is 2.58. The number of fused-ring (bicyclic) bond motifs is 17. The second-order valence-electron chi connectivity index (χ2n) is 19.9. The van der Waals surface area contributed by atoms with E-state index in [1.807, 2.05) is 11.3 Å². The molecule has 0 amide bonds. The Kier molecular flexibility index (Phi) is 8.65. The second kappa shape index (κ2) is 15.2. The summed E-state index contributed by atoms with van der Waals surface area (Å²) in [5.41, 5.74) is 13.5. The largest absolute Gasteiger partial charge is 0.310 e. The molecule has 14 aromatic rings. The Hall–Kier alpha value is -8.56. The molecule has 1 aliphatic rings. The molecule has 0 spiro atoms. The molecule has 0 atom stereocenters. The molecule has 71 heavy (non-hydrogen) atoms. The van der Waals surface area contributed by atoms with Gasteiger partial charge < -0.3 is 4.90 Å². The van der Waals surface area contributed by atoms with Gasteiger partial charge in [0, 0.05) is 47.9 Å². The van der Waals surface area contributed by atoms with Gasteiger partial charge in [-0.1, -0.05) is 214 Å². The molecule has 0 saturated heterocycles.